The van der Waals surface area contributed by atoms with Crippen molar-refractivity contribution in [2.75, 3.05) is 17.2 Å². The molecule has 30 heavy (non-hydrogen) atoms. The number of aromatic nitrogens is 2. The van der Waals surface area contributed by atoms with Crippen LogP contribution in [0.15, 0.2) is 59.2 Å². The highest BCUT2D eigenvalue weighted by molar-refractivity contribution is 9.10. The molecule has 158 valence electrons. The van der Waals surface area contributed by atoms with Crippen LogP contribution in [-0.2, 0) is 6.18 Å². The quantitative estimate of drug-likeness (QED) is 0.342. The molecule has 0 spiro atoms. The van der Waals surface area contributed by atoms with Crippen LogP contribution in [0, 0.1) is 0 Å². The predicted octanol–water partition coefficient (Wildman–Crippen LogP) is 6.92. The summed E-state index contributed by atoms with van der Waals surface area (Å²) in [5.74, 6) is 0.370. The number of unbranched alkanes of at least 4 members (excludes halogenated alkanes) is 1. The van der Waals surface area contributed by atoms with Gasteiger partial charge in [0.05, 0.1) is 6.61 Å². The second-order valence-corrected chi connectivity index (χ2v) is 7.35. The van der Waals surface area contributed by atoms with E-state index in [2.05, 4.69) is 43.5 Å². The van der Waals surface area contributed by atoms with Crippen molar-refractivity contribution in [3.8, 4) is 5.75 Å². The second kappa shape index (κ2) is 9.80. The van der Waals surface area contributed by atoms with Crippen LogP contribution in [0.3, 0.4) is 0 Å². The maximum Gasteiger partial charge on any atom is 0.421 e. The Hall–Kier alpha value is -2.81. The number of hydrogen-bond donors (Lipinski definition) is 2. The molecular formula is C21H20BrF3N4O. The van der Waals surface area contributed by atoms with Gasteiger partial charge in [0.2, 0.25) is 5.95 Å². The van der Waals surface area contributed by atoms with Gasteiger partial charge in [-0.1, -0.05) is 29.3 Å². The van der Waals surface area contributed by atoms with E-state index in [9.17, 15) is 13.2 Å². The normalized spacial score (nSPS) is 11.2. The van der Waals surface area contributed by atoms with Crippen molar-refractivity contribution in [1.82, 2.24) is 9.97 Å². The standard InChI is InChI=1S/C21H20BrF3N4O/c1-2-3-12-30-17-10-8-15(9-11-17)27-19-18(21(23,24)25)13-26-20(29-19)28-16-6-4-14(22)5-7-16/h4-11,13H,2-3,12H2,1H3,(H2,26,27,28,29). The van der Waals surface area contributed by atoms with Crippen molar-refractivity contribution in [3.63, 3.8) is 0 Å². The number of benzene rings is 2. The zero-order valence-corrected chi connectivity index (χ0v) is 17.7. The lowest BCUT2D eigenvalue weighted by Crippen LogP contribution is -2.12. The van der Waals surface area contributed by atoms with Gasteiger partial charge < -0.3 is 15.4 Å². The van der Waals surface area contributed by atoms with Crippen molar-refractivity contribution < 1.29 is 17.9 Å². The third kappa shape index (κ3) is 6.09. The smallest absolute Gasteiger partial charge is 0.421 e. The molecule has 0 unspecified atom stereocenters. The van der Waals surface area contributed by atoms with Crippen LogP contribution in [0.2, 0.25) is 0 Å². The van der Waals surface area contributed by atoms with Gasteiger partial charge in [0.1, 0.15) is 17.1 Å². The van der Waals surface area contributed by atoms with Crippen molar-refractivity contribution in [3.05, 3.63) is 64.8 Å². The van der Waals surface area contributed by atoms with E-state index < -0.39 is 11.7 Å². The largest absolute Gasteiger partial charge is 0.494 e. The maximum absolute atomic E-state index is 13.4. The summed E-state index contributed by atoms with van der Waals surface area (Å²) in [6.07, 6.45) is -1.88. The Morgan fingerprint density at radius 3 is 2.23 bits per heavy atom. The number of nitrogens with one attached hydrogen (secondary N) is 2. The van der Waals surface area contributed by atoms with Crippen LogP contribution in [0.1, 0.15) is 25.3 Å². The van der Waals surface area contributed by atoms with E-state index in [-0.39, 0.29) is 11.8 Å². The first-order valence-corrected chi connectivity index (χ1v) is 10.1. The maximum atomic E-state index is 13.4. The Balaban J connectivity index is 1.81. The molecule has 0 aliphatic carbocycles. The molecule has 3 rings (SSSR count). The molecule has 0 atom stereocenters. The van der Waals surface area contributed by atoms with Crippen LogP contribution in [0.25, 0.3) is 0 Å². The zero-order chi connectivity index (χ0) is 21.6. The summed E-state index contributed by atoms with van der Waals surface area (Å²) in [5, 5.41) is 5.64. The first-order chi connectivity index (χ1) is 14.3. The lowest BCUT2D eigenvalue weighted by Gasteiger charge is -2.15. The predicted molar refractivity (Wildman–Crippen MR) is 115 cm³/mol. The Bertz CT molecular complexity index is 963. The molecule has 9 heteroatoms. The highest BCUT2D eigenvalue weighted by atomic mass is 79.9. The van der Waals surface area contributed by atoms with Gasteiger partial charge in [-0.3, -0.25) is 0 Å². The van der Waals surface area contributed by atoms with E-state index >= 15 is 0 Å². The van der Waals surface area contributed by atoms with Gasteiger partial charge in [-0.05, 0) is 55.0 Å². The Labute approximate surface area is 180 Å². The molecule has 0 radical (unpaired) electrons. The van der Waals surface area contributed by atoms with E-state index in [1.54, 1.807) is 48.5 Å². The highest BCUT2D eigenvalue weighted by Gasteiger charge is 2.35. The molecule has 0 saturated heterocycles. The number of nitrogens with zero attached hydrogens (tertiary/aromatic N) is 2. The number of rotatable bonds is 8. The fraction of sp³-hybridized carbons (Fsp3) is 0.238. The van der Waals surface area contributed by atoms with Gasteiger partial charge in [-0.15, -0.1) is 0 Å². The molecule has 3 aromatic rings. The van der Waals surface area contributed by atoms with Crippen molar-refractivity contribution >= 4 is 39.1 Å². The molecule has 0 aliphatic rings. The van der Waals surface area contributed by atoms with E-state index in [0.29, 0.717) is 23.7 Å². The number of hydrogen-bond acceptors (Lipinski definition) is 5. The molecule has 2 aromatic carbocycles. The average molecular weight is 481 g/mol. The first kappa shape index (κ1) is 21.9. The minimum absolute atomic E-state index is 0.0485. The SMILES string of the molecule is CCCCOc1ccc(Nc2nc(Nc3ccc(Br)cc3)ncc2C(F)(F)F)cc1. The van der Waals surface area contributed by atoms with Crippen molar-refractivity contribution in [2.24, 2.45) is 0 Å². The lowest BCUT2D eigenvalue weighted by atomic mass is 10.2. The van der Waals surface area contributed by atoms with E-state index in [4.69, 9.17) is 4.74 Å². The van der Waals surface area contributed by atoms with Crippen molar-refractivity contribution in [1.29, 1.82) is 0 Å². The second-order valence-electron chi connectivity index (χ2n) is 6.44. The summed E-state index contributed by atoms with van der Waals surface area (Å²) in [7, 11) is 0. The van der Waals surface area contributed by atoms with Gasteiger partial charge in [0.25, 0.3) is 0 Å². The van der Waals surface area contributed by atoms with E-state index in [1.165, 1.54) is 0 Å². The van der Waals surface area contributed by atoms with Gasteiger partial charge in [0.15, 0.2) is 0 Å². The summed E-state index contributed by atoms with van der Waals surface area (Å²) in [6.45, 7) is 2.66. The molecule has 1 heterocycles. The van der Waals surface area contributed by atoms with Crippen LogP contribution >= 0.6 is 15.9 Å². The minimum Gasteiger partial charge on any atom is -0.494 e. The molecule has 0 amide bonds. The lowest BCUT2D eigenvalue weighted by molar-refractivity contribution is -0.137. The average Bonchev–Trinajstić information content (AvgIpc) is 2.70. The fourth-order valence-corrected chi connectivity index (χ4v) is 2.78. The summed E-state index contributed by atoms with van der Waals surface area (Å²) in [5.41, 5.74) is 0.154. The van der Waals surface area contributed by atoms with Crippen LogP contribution in [-0.4, -0.2) is 16.6 Å². The van der Waals surface area contributed by atoms with Crippen LogP contribution in [0.5, 0.6) is 5.75 Å². The monoisotopic (exact) mass is 480 g/mol. The molecule has 0 aliphatic heterocycles. The summed E-state index contributed by atoms with van der Waals surface area (Å²) in [6, 6.07) is 13.8. The summed E-state index contributed by atoms with van der Waals surface area (Å²) in [4.78, 5) is 7.85. The Morgan fingerprint density at radius 1 is 0.967 bits per heavy atom. The third-order valence-corrected chi connectivity index (χ3v) is 4.61. The molecule has 0 bridgehead atoms. The van der Waals surface area contributed by atoms with Crippen LogP contribution < -0.4 is 15.4 Å². The van der Waals surface area contributed by atoms with Gasteiger partial charge in [0, 0.05) is 22.0 Å². The summed E-state index contributed by atoms with van der Waals surface area (Å²) < 4.78 is 46.7. The number of anilines is 4. The number of alkyl halides is 3. The molecule has 5 nitrogen and oxygen atoms in total. The van der Waals surface area contributed by atoms with Gasteiger partial charge in [-0.25, -0.2) is 4.98 Å². The Morgan fingerprint density at radius 2 is 1.60 bits per heavy atom. The fourth-order valence-electron chi connectivity index (χ4n) is 2.51. The number of halogens is 4. The molecule has 0 fully saturated rings. The number of ether oxygens (including phenoxy) is 1. The first-order valence-electron chi connectivity index (χ1n) is 9.32. The van der Waals surface area contributed by atoms with Gasteiger partial charge >= 0.3 is 6.18 Å². The Kier molecular flexibility index (Phi) is 7.15. The van der Waals surface area contributed by atoms with Crippen molar-refractivity contribution in [2.45, 2.75) is 25.9 Å². The molecule has 2 N–H and O–H groups in total. The topological polar surface area (TPSA) is 59.1 Å². The summed E-state index contributed by atoms with van der Waals surface area (Å²) >= 11 is 3.33. The highest BCUT2D eigenvalue weighted by Crippen LogP contribution is 2.35. The zero-order valence-electron chi connectivity index (χ0n) is 16.1. The van der Waals surface area contributed by atoms with E-state index in [1.807, 2.05) is 0 Å². The minimum atomic E-state index is -4.60. The van der Waals surface area contributed by atoms with Crippen LogP contribution in [0.4, 0.5) is 36.3 Å². The molecular weight excluding hydrogens is 461 g/mol. The molecule has 0 saturated carbocycles. The third-order valence-electron chi connectivity index (χ3n) is 4.08. The van der Waals surface area contributed by atoms with E-state index in [0.717, 1.165) is 23.5 Å². The van der Waals surface area contributed by atoms with Gasteiger partial charge in [-0.2, -0.15) is 18.2 Å². The molecule has 1 aromatic heterocycles.